The maximum atomic E-state index is 5.66. The summed E-state index contributed by atoms with van der Waals surface area (Å²) in [6.07, 6.45) is 0.811. The topological polar surface area (TPSA) is 18.5 Å². The van der Waals surface area contributed by atoms with E-state index in [0.29, 0.717) is 8.81 Å². The van der Waals surface area contributed by atoms with Crippen LogP contribution in [0.1, 0.15) is 11.1 Å². The maximum absolute atomic E-state index is 5.66. The summed E-state index contributed by atoms with van der Waals surface area (Å²) in [5.74, 6) is 1.84. The van der Waals surface area contributed by atoms with E-state index in [2.05, 4.69) is 21.6 Å². The van der Waals surface area contributed by atoms with Crippen LogP contribution >= 0.6 is 18.3 Å². The zero-order chi connectivity index (χ0) is 12.8. The summed E-state index contributed by atoms with van der Waals surface area (Å²) in [5, 5.41) is 0. The van der Waals surface area contributed by atoms with Crippen LogP contribution in [-0.4, -0.2) is 6.66 Å². The summed E-state index contributed by atoms with van der Waals surface area (Å²) >= 11 is 0. The molecule has 2 atom stereocenters. The van der Waals surface area contributed by atoms with E-state index >= 15 is 0 Å². The molecule has 0 aliphatic carbocycles. The predicted molar refractivity (Wildman–Crippen MR) is 80.9 cm³/mol. The Morgan fingerprint density at radius 1 is 0.944 bits per heavy atom. The van der Waals surface area contributed by atoms with Crippen LogP contribution in [0, 0.1) is 0 Å². The Labute approximate surface area is 112 Å². The van der Waals surface area contributed by atoms with Gasteiger partial charge in [0.15, 0.2) is 0 Å². The third-order valence-corrected chi connectivity index (χ3v) is 3.34. The highest BCUT2D eigenvalue weighted by Crippen LogP contribution is 2.29. The van der Waals surface area contributed by atoms with Gasteiger partial charge < -0.3 is 9.05 Å². The summed E-state index contributed by atoms with van der Waals surface area (Å²) in [7, 11) is 2.75. The van der Waals surface area contributed by atoms with E-state index in [1.165, 1.54) is 5.56 Å². The molecular formula is C14H16O2P2. The molecule has 0 N–H and O–H groups in total. The Balaban J connectivity index is 2.28. The molecule has 2 aromatic rings. The molecule has 2 rings (SSSR count). The van der Waals surface area contributed by atoms with Gasteiger partial charge in [-0.15, -0.1) is 0 Å². The molecule has 4 heteroatoms. The molecule has 0 radical (unpaired) electrons. The molecule has 0 bridgehead atoms. The maximum Gasteiger partial charge on any atom is 0.126 e. The quantitative estimate of drug-likeness (QED) is 0.768. The average Bonchev–Trinajstić information content (AvgIpc) is 2.42. The van der Waals surface area contributed by atoms with Crippen LogP contribution in [0.4, 0.5) is 0 Å². The third-order valence-electron chi connectivity index (χ3n) is 2.67. The Hall–Kier alpha value is -1.10. The van der Waals surface area contributed by atoms with E-state index in [4.69, 9.17) is 9.05 Å². The van der Waals surface area contributed by atoms with Crippen LogP contribution in [0.25, 0.3) is 0 Å². The minimum Gasteiger partial charge on any atom is -0.480 e. The highest BCUT2D eigenvalue weighted by atomic mass is 31.1. The first-order valence-corrected chi connectivity index (χ1v) is 7.59. The van der Waals surface area contributed by atoms with Gasteiger partial charge in [-0.1, -0.05) is 36.4 Å². The Kier molecular flexibility index (Phi) is 4.99. The van der Waals surface area contributed by atoms with E-state index in [0.717, 1.165) is 23.5 Å². The van der Waals surface area contributed by atoms with E-state index < -0.39 is 0 Å². The molecule has 18 heavy (non-hydrogen) atoms. The van der Waals surface area contributed by atoms with Gasteiger partial charge in [-0.2, -0.15) is 0 Å². The standard InChI is InChI=1S/C14H16O2P2/c1-18-16-14-9-5-3-7-12(14)10-11-6-2-4-8-13(11)15-17/h2-9,18H,10,17H2,1H3. The van der Waals surface area contributed by atoms with Gasteiger partial charge in [0.2, 0.25) is 0 Å². The number of hydrogen-bond acceptors (Lipinski definition) is 2. The molecule has 2 aromatic carbocycles. The van der Waals surface area contributed by atoms with E-state index in [9.17, 15) is 0 Å². The summed E-state index contributed by atoms with van der Waals surface area (Å²) in [4.78, 5) is 0. The third kappa shape index (κ3) is 3.22. The van der Waals surface area contributed by atoms with Crippen molar-refractivity contribution in [2.75, 3.05) is 6.66 Å². The highest BCUT2D eigenvalue weighted by Gasteiger charge is 2.07. The van der Waals surface area contributed by atoms with Crippen molar-refractivity contribution in [1.82, 2.24) is 0 Å². The lowest BCUT2D eigenvalue weighted by atomic mass is 10.0. The van der Waals surface area contributed by atoms with Crippen LogP contribution in [0.5, 0.6) is 11.5 Å². The van der Waals surface area contributed by atoms with Crippen LogP contribution in [0.15, 0.2) is 48.5 Å². The van der Waals surface area contributed by atoms with Crippen molar-refractivity contribution >= 4 is 18.3 Å². The van der Waals surface area contributed by atoms with Crippen molar-refractivity contribution < 1.29 is 9.05 Å². The predicted octanol–water partition coefficient (Wildman–Crippen LogP) is 4.05. The molecule has 2 unspecified atom stereocenters. The normalized spacial score (nSPS) is 10.8. The number of rotatable bonds is 5. The van der Waals surface area contributed by atoms with Gasteiger partial charge in [0, 0.05) is 6.42 Å². The first-order valence-electron chi connectivity index (χ1n) is 5.71. The average molecular weight is 278 g/mol. The molecule has 0 fully saturated rings. The lowest BCUT2D eigenvalue weighted by molar-refractivity contribution is 0.620. The van der Waals surface area contributed by atoms with Crippen LogP contribution in [-0.2, 0) is 6.42 Å². The van der Waals surface area contributed by atoms with E-state index in [1.54, 1.807) is 0 Å². The summed E-state index contributed by atoms with van der Waals surface area (Å²) in [6.45, 7) is 2.02. The molecule has 0 aliphatic heterocycles. The van der Waals surface area contributed by atoms with Gasteiger partial charge in [-0.25, -0.2) is 0 Å². The Bertz CT molecular complexity index is 515. The van der Waals surface area contributed by atoms with Crippen molar-refractivity contribution in [3.63, 3.8) is 0 Å². The van der Waals surface area contributed by atoms with Gasteiger partial charge >= 0.3 is 0 Å². The lowest BCUT2D eigenvalue weighted by Gasteiger charge is -2.11. The molecule has 2 nitrogen and oxygen atoms in total. The van der Waals surface area contributed by atoms with Crippen molar-refractivity contribution in [2.24, 2.45) is 0 Å². The SMILES string of the molecule is CPOc1ccccc1Cc1ccccc1OP. The summed E-state index contributed by atoms with van der Waals surface area (Å²) in [6, 6.07) is 16.2. The summed E-state index contributed by atoms with van der Waals surface area (Å²) < 4.78 is 11.0. The number of benzene rings is 2. The monoisotopic (exact) mass is 278 g/mol. The second-order valence-corrected chi connectivity index (χ2v) is 4.66. The fourth-order valence-electron chi connectivity index (χ4n) is 1.83. The van der Waals surface area contributed by atoms with Gasteiger partial charge in [0.05, 0.1) is 18.3 Å². The molecular weight excluding hydrogens is 262 g/mol. The molecule has 94 valence electrons. The van der Waals surface area contributed by atoms with Crippen LogP contribution in [0.2, 0.25) is 0 Å². The van der Waals surface area contributed by atoms with Crippen molar-refractivity contribution in [3.8, 4) is 11.5 Å². The van der Waals surface area contributed by atoms with Gasteiger partial charge in [0.25, 0.3) is 0 Å². The first kappa shape index (κ1) is 13.3. The Morgan fingerprint density at radius 2 is 1.50 bits per heavy atom. The Morgan fingerprint density at radius 3 is 2.11 bits per heavy atom. The first-order chi connectivity index (χ1) is 8.85. The zero-order valence-corrected chi connectivity index (χ0v) is 12.4. The molecule has 0 aromatic heterocycles. The number of para-hydroxylation sites is 2. The van der Waals surface area contributed by atoms with Crippen LogP contribution in [0.3, 0.4) is 0 Å². The zero-order valence-electron chi connectivity index (χ0n) is 10.2. The molecule has 0 amide bonds. The fraction of sp³-hybridized carbons (Fsp3) is 0.143. The highest BCUT2D eigenvalue weighted by molar-refractivity contribution is 7.31. The van der Waals surface area contributed by atoms with Gasteiger partial charge in [0.1, 0.15) is 11.5 Å². The van der Waals surface area contributed by atoms with Gasteiger partial charge in [-0.3, -0.25) is 0 Å². The second kappa shape index (κ2) is 6.73. The largest absolute Gasteiger partial charge is 0.480 e. The smallest absolute Gasteiger partial charge is 0.126 e. The van der Waals surface area contributed by atoms with Crippen molar-refractivity contribution in [3.05, 3.63) is 59.7 Å². The molecule has 0 saturated carbocycles. The number of hydrogen-bond donors (Lipinski definition) is 0. The molecule has 0 aliphatic rings. The van der Waals surface area contributed by atoms with Crippen molar-refractivity contribution in [2.45, 2.75) is 6.42 Å². The summed E-state index contributed by atoms with van der Waals surface area (Å²) in [5.41, 5.74) is 2.34. The lowest BCUT2D eigenvalue weighted by Crippen LogP contribution is -1.93. The van der Waals surface area contributed by atoms with Crippen LogP contribution < -0.4 is 9.05 Å². The molecule has 0 heterocycles. The molecule has 0 spiro atoms. The molecule has 0 saturated heterocycles. The van der Waals surface area contributed by atoms with Gasteiger partial charge in [-0.05, 0) is 29.9 Å². The minimum atomic E-state index is 0.454. The van der Waals surface area contributed by atoms with E-state index in [-0.39, 0.29) is 0 Å². The second-order valence-electron chi connectivity index (χ2n) is 3.82. The fourth-order valence-corrected chi connectivity index (χ4v) is 2.48. The van der Waals surface area contributed by atoms with Crippen molar-refractivity contribution in [1.29, 1.82) is 0 Å². The van der Waals surface area contributed by atoms with E-state index in [1.807, 2.05) is 43.1 Å². The minimum absolute atomic E-state index is 0.454.